The molecule has 0 atom stereocenters. The lowest BCUT2D eigenvalue weighted by Gasteiger charge is -2.26. The Morgan fingerprint density at radius 2 is 2.20 bits per heavy atom. The highest BCUT2D eigenvalue weighted by Gasteiger charge is 2.24. The zero-order valence-electron chi connectivity index (χ0n) is 12.5. The molecule has 0 bridgehead atoms. The molecule has 1 saturated carbocycles. The van der Waals surface area contributed by atoms with Gasteiger partial charge in [-0.05, 0) is 49.4 Å². The molecule has 0 spiro atoms. The molecule has 1 aliphatic rings. The van der Waals surface area contributed by atoms with Gasteiger partial charge in [0.1, 0.15) is 0 Å². The molecule has 0 unspecified atom stereocenters. The van der Waals surface area contributed by atoms with Crippen molar-refractivity contribution in [2.45, 2.75) is 26.3 Å². The van der Waals surface area contributed by atoms with Crippen molar-refractivity contribution in [1.29, 1.82) is 0 Å². The van der Waals surface area contributed by atoms with Crippen LogP contribution in [0, 0.1) is 5.92 Å². The molecule has 3 nitrogen and oxygen atoms in total. The molecule has 4 heteroatoms. The van der Waals surface area contributed by atoms with Crippen molar-refractivity contribution in [2.75, 3.05) is 38.3 Å². The summed E-state index contributed by atoms with van der Waals surface area (Å²) in [7, 11) is 1.74. The van der Waals surface area contributed by atoms with Crippen molar-refractivity contribution >= 4 is 21.6 Å². The molecule has 0 aliphatic heterocycles. The number of hydrogen-bond donors (Lipinski definition) is 1. The third-order valence-electron chi connectivity index (χ3n) is 3.74. The van der Waals surface area contributed by atoms with E-state index >= 15 is 0 Å². The normalized spacial score (nSPS) is 14.6. The molecular weight excluding hydrogens is 316 g/mol. The van der Waals surface area contributed by atoms with E-state index in [1.807, 2.05) is 0 Å². The molecule has 1 aliphatic carbocycles. The third kappa shape index (κ3) is 4.76. The van der Waals surface area contributed by atoms with Crippen LogP contribution in [0.3, 0.4) is 0 Å². The molecular formula is C16H25BrN2O. The van der Waals surface area contributed by atoms with Crippen LogP contribution in [0.5, 0.6) is 0 Å². The van der Waals surface area contributed by atoms with Crippen LogP contribution in [0.2, 0.25) is 0 Å². The fourth-order valence-electron chi connectivity index (χ4n) is 2.41. The zero-order valence-corrected chi connectivity index (χ0v) is 14.1. The lowest BCUT2D eigenvalue weighted by atomic mass is 10.1. The minimum absolute atomic E-state index is 0.753. The molecule has 0 amide bonds. The molecule has 1 fully saturated rings. The van der Waals surface area contributed by atoms with Gasteiger partial charge in [-0.2, -0.15) is 0 Å². The number of hydrogen-bond acceptors (Lipinski definition) is 3. The molecule has 0 radical (unpaired) electrons. The van der Waals surface area contributed by atoms with Gasteiger partial charge in [0, 0.05) is 43.4 Å². The summed E-state index contributed by atoms with van der Waals surface area (Å²) in [5, 5.41) is 3.45. The number of rotatable bonds is 9. The first-order chi connectivity index (χ1) is 9.74. The Morgan fingerprint density at radius 3 is 2.85 bits per heavy atom. The predicted octanol–water partition coefficient (Wildman–Crippen LogP) is 3.42. The van der Waals surface area contributed by atoms with E-state index in [0.717, 1.165) is 36.6 Å². The summed E-state index contributed by atoms with van der Waals surface area (Å²) in [5.74, 6) is 0.910. The molecule has 1 aromatic carbocycles. The summed E-state index contributed by atoms with van der Waals surface area (Å²) >= 11 is 3.58. The Bertz CT molecular complexity index is 421. The van der Waals surface area contributed by atoms with Crippen LogP contribution < -0.4 is 10.2 Å². The first-order valence-corrected chi connectivity index (χ1v) is 8.27. The van der Waals surface area contributed by atoms with E-state index in [0.29, 0.717) is 0 Å². The number of methoxy groups -OCH3 is 1. The molecule has 20 heavy (non-hydrogen) atoms. The van der Waals surface area contributed by atoms with Crippen LogP contribution in [0.4, 0.5) is 5.69 Å². The number of halogens is 1. The number of nitrogens with zero attached hydrogens (tertiary/aromatic N) is 1. The van der Waals surface area contributed by atoms with Crippen LogP contribution in [-0.2, 0) is 11.3 Å². The molecule has 1 N–H and O–H groups in total. The first kappa shape index (κ1) is 15.8. The van der Waals surface area contributed by atoms with Crippen LogP contribution >= 0.6 is 15.9 Å². The summed E-state index contributed by atoms with van der Waals surface area (Å²) in [6, 6.07) is 6.61. The van der Waals surface area contributed by atoms with Gasteiger partial charge in [-0.25, -0.2) is 0 Å². The minimum atomic E-state index is 0.753. The Balaban J connectivity index is 2.04. The minimum Gasteiger partial charge on any atom is -0.383 e. The van der Waals surface area contributed by atoms with Gasteiger partial charge in [-0.15, -0.1) is 0 Å². The van der Waals surface area contributed by atoms with Crippen molar-refractivity contribution in [3.8, 4) is 0 Å². The van der Waals surface area contributed by atoms with Crippen molar-refractivity contribution in [2.24, 2.45) is 5.92 Å². The summed E-state index contributed by atoms with van der Waals surface area (Å²) in [5.41, 5.74) is 2.73. The highest BCUT2D eigenvalue weighted by molar-refractivity contribution is 9.10. The highest BCUT2D eigenvalue weighted by atomic mass is 79.9. The van der Waals surface area contributed by atoms with Crippen molar-refractivity contribution in [3.05, 3.63) is 28.2 Å². The molecule has 2 rings (SSSR count). The highest BCUT2D eigenvalue weighted by Crippen LogP contribution is 2.33. The maximum atomic E-state index is 5.08. The topological polar surface area (TPSA) is 24.5 Å². The van der Waals surface area contributed by atoms with Crippen LogP contribution in [-0.4, -0.2) is 33.4 Å². The maximum absolute atomic E-state index is 5.08. The van der Waals surface area contributed by atoms with E-state index in [4.69, 9.17) is 4.74 Å². The Morgan fingerprint density at radius 1 is 1.40 bits per heavy atom. The third-order valence-corrected chi connectivity index (χ3v) is 4.23. The van der Waals surface area contributed by atoms with E-state index in [9.17, 15) is 0 Å². The summed E-state index contributed by atoms with van der Waals surface area (Å²) in [6.45, 7) is 7.04. The van der Waals surface area contributed by atoms with Gasteiger partial charge in [0.25, 0.3) is 0 Å². The lowest BCUT2D eigenvalue weighted by Crippen LogP contribution is -2.27. The van der Waals surface area contributed by atoms with Crippen molar-refractivity contribution in [1.82, 2.24) is 5.32 Å². The largest absolute Gasteiger partial charge is 0.383 e. The monoisotopic (exact) mass is 340 g/mol. The Labute approximate surface area is 130 Å². The molecule has 1 aromatic rings. The Kier molecular flexibility index (Phi) is 6.33. The molecule has 0 heterocycles. The summed E-state index contributed by atoms with van der Waals surface area (Å²) in [4.78, 5) is 2.51. The van der Waals surface area contributed by atoms with E-state index in [2.05, 4.69) is 51.3 Å². The second-order valence-electron chi connectivity index (χ2n) is 5.42. The van der Waals surface area contributed by atoms with Crippen LogP contribution in [0.25, 0.3) is 0 Å². The van der Waals surface area contributed by atoms with E-state index in [-0.39, 0.29) is 0 Å². The standard InChI is InChI=1S/C16H25BrN2O/c1-3-19(12-13-4-5-13)16-7-6-15(17)10-14(16)11-18-8-9-20-2/h6-7,10,13,18H,3-5,8-9,11-12H2,1-2H3. The summed E-state index contributed by atoms with van der Waals surface area (Å²) in [6.07, 6.45) is 2.79. The quantitative estimate of drug-likeness (QED) is 0.697. The van der Waals surface area contributed by atoms with Crippen LogP contribution in [0.15, 0.2) is 22.7 Å². The second kappa shape index (κ2) is 8.01. The number of anilines is 1. The number of nitrogens with one attached hydrogen (secondary N) is 1. The maximum Gasteiger partial charge on any atom is 0.0587 e. The lowest BCUT2D eigenvalue weighted by molar-refractivity contribution is 0.199. The molecule has 112 valence electrons. The van der Waals surface area contributed by atoms with Gasteiger partial charge in [0.2, 0.25) is 0 Å². The van der Waals surface area contributed by atoms with E-state index in [1.54, 1.807) is 7.11 Å². The van der Waals surface area contributed by atoms with E-state index in [1.165, 1.54) is 30.6 Å². The predicted molar refractivity (Wildman–Crippen MR) is 88.3 cm³/mol. The van der Waals surface area contributed by atoms with Gasteiger partial charge in [0.05, 0.1) is 6.61 Å². The average molecular weight is 341 g/mol. The molecule has 0 saturated heterocycles. The number of ether oxygens (including phenoxy) is 1. The van der Waals surface area contributed by atoms with Gasteiger partial charge in [0.15, 0.2) is 0 Å². The average Bonchev–Trinajstić information content (AvgIpc) is 3.26. The smallest absolute Gasteiger partial charge is 0.0587 e. The van der Waals surface area contributed by atoms with E-state index < -0.39 is 0 Å². The van der Waals surface area contributed by atoms with Crippen LogP contribution in [0.1, 0.15) is 25.3 Å². The van der Waals surface area contributed by atoms with Gasteiger partial charge in [-0.1, -0.05) is 15.9 Å². The van der Waals surface area contributed by atoms with Crippen molar-refractivity contribution < 1.29 is 4.74 Å². The first-order valence-electron chi connectivity index (χ1n) is 7.47. The number of benzene rings is 1. The SMILES string of the molecule is CCN(CC1CC1)c1ccc(Br)cc1CNCCOC. The van der Waals surface area contributed by atoms with Gasteiger partial charge < -0.3 is 15.0 Å². The second-order valence-corrected chi connectivity index (χ2v) is 6.34. The fourth-order valence-corrected chi connectivity index (χ4v) is 2.82. The van der Waals surface area contributed by atoms with Gasteiger partial charge in [-0.3, -0.25) is 0 Å². The zero-order chi connectivity index (χ0) is 14.4. The van der Waals surface area contributed by atoms with Gasteiger partial charge >= 0.3 is 0 Å². The molecule has 0 aromatic heterocycles. The fraction of sp³-hybridized carbons (Fsp3) is 0.625. The Hall–Kier alpha value is -0.580. The van der Waals surface area contributed by atoms with Crippen molar-refractivity contribution in [3.63, 3.8) is 0 Å². The summed E-state index contributed by atoms with van der Waals surface area (Å²) < 4.78 is 6.23.